The lowest BCUT2D eigenvalue weighted by molar-refractivity contribution is -0.145. The molecular formula is C20H25N3O2S. The summed E-state index contributed by atoms with van der Waals surface area (Å²) in [7, 11) is 0. The van der Waals surface area contributed by atoms with Crippen LogP contribution in [0.3, 0.4) is 0 Å². The normalized spacial score (nSPS) is 23.4. The molecule has 3 heterocycles. The summed E-state index contributed by atoms with van der Waals surface area (Å²) in [5.41, 5.74) is 1.29. The van der Waals surface area contributed by atoms with Crippen LogP contribution < -0.4 is 0 Å². The number of thiazole rings is 1. The van der Waals surface area contributed by atoms with Crippen molar-refractivity contribution in [2.75, 3.05) is 26.2 Å². The molecule has 26 heavy (non-hydrogen) atoms. The third kappa shape index (κ3) is 2.90. The predicted molar refractivity (Wildman–Crippen MR) is 103 cm³/mol. The Morgan fingerprint density at radius 2 is 2.15 bits per heavy atom. The lowest BCUT2D eigenvalue weighted by Gasteiger charge is -2.39. The smallest absolute Gasteiger partial charge is 0.253 e. The van der Waals surface area contributed by atoms with Crippen molar-refractivity contribution < 1.29 is 9.59 Å². The Hall–Kier alpha value is -1.95. The molecule has 1 atom stereocenters. The predicted octanol–water partition coefficient (Wildman–Crippen LogP) is 3.47. The zero-order chi connectivity index (χ0) is 18.3. The molecule has 1 spiro atoms. The summed E-state index contributed by atoms with van der Waals surface area (Å²) in [6.45, 7) is 7.01. The molecule has 5 nitrogen and oxygen atoms in total. The minimum absolute atomic E-state index is 0.0373. The van der Waals surface area contributed by atoms with Crippen LogP contribution in [0.2, 0.25) is 0 Å². The highest BCUT2D eigenvalue weighted by atomic mass is 32.1. The minimum atomic E-state index is -0.353. The lowest BCUT2D eigenvalue weighted by Crippen LogP contribution is -2.50. The van der Waals surface area contributed by atoms with Crippen LogP contribution in [0.25, 0.3) is 10.2 Å². The van der Waals surface area contributed by atoms with Crippen molar-refractivity contribution in [3.05, 3.63) is 28.8 Å². The number of likely N-dealkylation sites (tertiary alicyclic amines) is 2. The molecule has 0 N–H and O–H groups in total. The van der Waals surface area contributed by atoms with E-state index in [2.05, 4.69) is 11.9 Å². The largest absolute Gasteiger partial charge is 0.342 e. The lowest BCUT2D eigenvalue weighted by atomic mass is 9.78. The number of hydrogen-bond donors (Lipinski definition) is 0. The van der Waals surface area contributed by atoms with Crippen LogP contribution in [-0.2, 0) is 4.79 Å². The Morgan fingerprint density at radius 3 is 2.96 bits per heavy atom. The highest BCUT2D eigenvalue weighted by Gasteiger charge is 2.49. The summed E-state index contributed by atoms with van der Waals surface area (Å²) >= 11 is 1.61. The third-order valence-electron chi connectivity index (χ3n) is 5.70. The van der Waals surface area contributed by atoms with Crippen molar-refractivity contribution in [2.24, 2.45) is 5.41 Å². The fourth-order valence-electron chi connectivity index (χ4n) is 4.42. The number of nitrogens with zero attached hydrogens (tertiary/aromatic N) is 3. The maximum absolute atomic E-state index is 13.0. The van der Waals surface area contributed by atoms with Gasteiger partial charge in [0, 0.05) is 31.7 Å². The number of hydrogen-bond acceptors (Lipinski definition) is 4. The first-order valence-corrected chi connectivity index (χ1v) is 10.3. The zero-order valence-corrected chi connectivity index (χ0v) is 16.3. The summed E-state index contributed by atoms with van der Waals surface area (Å²) in [6, 6.07) is 5.73. The number of piperidine rings is 1. The summed E-state index contributed by atoms with van der Waals surface area (Å²) in [6.07, 6.45) is 3.72. The van der Waals surface area contributed by atoms with Gasteiger partial charge in [0.05, 0.1) is 20.6 Å². The van der Waals surface area contributed by atoms with Crippen molar-refractivity contribution in [3.8, 4) is 0 Å². The summed E-state index contributed by atoms with van der Waals surface area (Å²) in [5.74, 6) is 0.296. The van der Waals surface area contributed by atoms with E-state index in [1.165, 1.54) is 0 Å². The highest BCUT2D eigenvalue weighted by Crippen LogP contribution is 2.40. The van der Waals surface area contributed by atoms with Gasteiger partial charge in [-0.1, -0.05) is 6.92 Å². The van der Waals surface area contributed by atoms with Gasteiger partial charge in [0.2, 0.25) is 5.91 Å². The second-order valence-corrected chi connectivity index (χ2v) is 8.80. The van der Waals surface area contributed by atoms with E-state index in [4.69, 9.17) is 0 Å². The second-order valence-electron chi connectivity index (χ2n) is 7.57. The Bertz CT molecular complexity index is 860. The highest BCUT2D eigenvalue weighted by molar-refractivity contribution is 7.18. The average Bonchev–Trinajstić information content (AvgIpc) is 3.21. The Kier molecular flexibility index (Phi) is 4.47. The number of aryl methyl sites for hydroxylation is 1. The van der Waals surface area contributed by atoms with Crippen LogP contribution in [0.15, 0.2) is 18.2 Å². The molecule has 0 aliphatic carbocycles. The molecule has 0 radical (unpaired) electrons. The maximum atomic E-state index is 13.0. The van der Waals surface area contributed by atoms with Crippen LogP contribution in [0.4, 0.5) is 0 Å². The molecule has 1 unspecified atom stereocenters. The summed E-state index contributed by atoms with van der Waals surface area (Å²) < 4.78 is 1.05. The van der Waals surface area contributed by atoms with Gasteiger partial charge in [0.25, 0.3) is 5.91 Å². The fraction of sp³-hybridized carbons (Fsp3) is 0.550. The van der Waals surface area contributed by atoms with Gasteiger partial charge in [-0.3, -0.25) is 9.59 Å². The number of benzene rings is 1. The van der Waals surface area contributed by atoms with Crippen LogP contribution in [-0.4, -0.2) is 52.8 Å². The first-order chi connectivity index (χ1) is 12.5. The van der Waals surface area contributed by atoms with Crippen LogP contribution >= 0.6 is 11.3 Å². The van der Waals surface area contributed by atoms with E-state index < -0.39 is 0 Å². The topological polar surface area (TPSA) is 53.5 Å². The van der Waals surface area contributed by atoms with Gasteiger partial charge in [0.15, 0.2) is 0 Å². The van der Waals surface area contributed by atoms with Crippen LogP contribution in [0.1, 0.15) is 48.0 Å². The molecule has 2 aliphatic rings. The number of carbonyl (C=O) groups excluding carboxylic acids is 2. The molecule has 138 valence electrons. The monoisotopic (exact) mass is 371 g/mol. The quantitative estimate of drug-likeness (QED) is 0.830. The number of fused-ring (bicyclic) bond motifs is 1. The van der Waals surface area contributed by atoms with E-state index in [0.717, 1.165) is 54.0 Å². The Balaban J connectivity index is 1.53. The molecule has 4 rings (SSSR count). The number of carbonyl (C=O) groups is 2. The van der Waals surface area contributed by atoms with Gasteiger partial charge < -0.3 is 9.80 Å². The van der Waals surface area contributed by atoms with E-state index >= 15 is 0 Å². The van der Waals surface area contributed by atoms with Crippen molar-refractivity contribution in [2.45, 2.75) is 39.5 Å². The molecule has 0 bridgehead atoms. The van der Waals surface area contributed by atoms with Crippen LogP contribution in [0.5, 0.6) is 0 Å². The van der Waals surface area contributed by atoms with E-state index in [9.17, 15) is 9.59 Å². The van der Waals surface area contributed by atoms with Gasteiger partial charge in [-0.05, 0) is 50.8 Å². The molecule has 1 aromatic heterocycles. The second kappa shape index (κ2) is 6.65. The molecule has 2 saturated heterocycles. The van der Waals surface area contributed by atoms with Crippen molar-refractivity contribution in [1.82, 2.24) is 14.8 Å². The van der Waals surface area contributed by atoms with Crippen molar-refractivity contribution >= 4 is 33.4 Å². The molecule has 2 aromatic rings. The van der Waals surface area contributed by atoms with Gasteiger partial charge in [-0.15, -0.1) is 11.3 Å². The Labute approximate surface area is 158 Å². The molecule has 2 fully saturated rings. The van der Waals surface area contributed by atoms with Gasteiger partial charge in [-0.2, -0.15) is 0 Å². The summed E-state index contributed by atoms with van der Waals surface area (Å²) in [4.78, 5) is 34.4. The first kappa shape index (κ1) is 17.5. The molecule has 1 aromatic carbocycles. The van der Waals surface area contributed by atoms with Crippen molar-refractivity contribution in [3.63, 3.8) is 0 Å². The standard InChI is InChI=1S/C20H25N3O2S/c1-3-9-22-10-4-7-20(19(22)25)8-11-23(13-20)18(24)15-5-6-16-17(12-15)26-14(2)21-16/h5-6,12H,3-4,7-11,13H2,1-2H3. The molecule has 6 heteroatoms. The van der Waals surface area contributed by atoms with Gasteiger partial charge in [0.1, 0.15) is 0 Å². The molecular weight excluding hydrogens is 346 g/mol. The minimum Gasteiger partial charge on any atom is -0.342 e. The molecule has 2 amide bonds. The number of aromatic nitrogens is 1. The van der Waals surface area contributed by atoms with Crippen LogP contribution in [0, 0.1) is 12.3 Å². The molecule has 0 saturated carbocycles. The average molecular weight is 372 g/mol. The maximum Gasteiger partial charge on any atom is 0.253 e. The van der Waals surface area contributed by atoms with E-state index in [0.29, 0.717) is 18.7 Å². The van der Waals surface area contributed by atoms with Gasteiger partial charge in [-0.25, -0.2) is 4.98 Å². The molecule has 2 aliphatic heterocycles. The first-order valence-electron chi connectivity index (χ1n) is 9.48. The van der Waals surface area contributed by atoms with Crippen molar-refractivity contribution in [1.29, 1.82) is 0 Å². The summed E-state index contributed by atoms with van der Waals surface area (Å²) in [5, 5.41) is 1.01. The van der Waals surface area contributed by atoms with E-state index in [1.54, 1.807) is 11.3 Å². The zero-order valence-electron chi connectivity index (χ0n) is 15.5. The van der Waals surface area contributed by atoms with E-state index in [-0.39, 0.29) is 17.2 Å². The Morgan fingerprint density at radius 1 is 1.31 bits per heavy atom. The van der Waals surface area contributed by atoms with E-state index in [1.807, 2.05) is 34.9 Å². The number of rotatable bonds is 3. The van der Waals surface area contributed by atoms with Gasteiger partial charge >= 0.3 is 0 Å². The third-order valence-corrected chi connectivity index (χ3v) is 6.63. The fourth-order valence-corrected chi connectivity index (χ4v) is 5.28. The number of amides is 2. The SMILES string of the molecule is CCCN1CCCC2(CCN(C(=O)c3ccc4nc(C)sc4c3)C2)C1=O.